The smallest absolute Gasteiger partial charge is 0.270 e. The van der Waals surface area contributed by atoms with E-state index in [1.165, 1.54) is 4.31 Å². The van der Waals surface area contributed by atoms with Crippen LogP contribution < -0.4 is 4.31 Å². The number of aryl methyl sites for hydroxylation is 4. The lowest BCUT2D eigenvalue weighted by atomic mass is 10.0. The van der Waals surface area contributed by atoms with Gasteiger partial charge in [-0.2, -0.15) is 0 Å². The molecule has 0 saturated heterocycles. The molecule has 0 amide bonds. The number of sulfonamides is 1. The van der Waals surface area contributed by atoms with E-state index in [4.69, 9.17) is 9.51 Å². The number of benzene rings is 1. The molecule has 0 radical (unpaired) electrons. The first-order chi connectivity index (χ1) is 11.8. The van der Waals surface area contributed by atoms with Gasteiger partial charge in [-0.1, -0.05) is 11.2 Å². The SMILES string of the molecule is Cc1cc(C)c2cc3c(nc2c1)N(S(=O)(=O)c1c(C)noc1C)CC3. The lowest BCUT2D eigenvalue weighted by Crippen LogP contribution is -2.30. The van der Waals surface area contributed by atoms with Crippen LogP contribution in [0.15, 0.2) is 27.6 Å². The summed E-state index contributed by atoms with van der Waals surface area (Å²) in [6.45, 7) is 7.70. The molecule has 1 aromatic carbocycles. The number of nitrogens with zero attached hydrogens (tertiary/aromatic N) is 3. The van der Waals surface area contributed by atoms with Gasteiger partial charge < -0.3 is 4.52 Å². The lowest BCUT2D eigenvalue weighted by molar-refractivity contribution is 0.390. The molecule has 1 aliphatic rings. The van der Waals surface area contributed by atoms with Gasteiger partial charge >= 0.3 is 0 Å². The van der Waals surface area contributed by atoms with E-state index in [-0.39, 0.29) is 4.90 Å². The Morgan fingerprint density at radius 2 is 1.88 bits per heavy atom. The summed E-state index contributed by atoms with van der Waals surface area (Å²) in [5.41, 5.74) is 4.40. The monoisotopic (exact) mass is 357 g/mol. The van der Waals surface area contributed by atoms with E-state index in [0.29, 0.717) is 30.2 Å². The molecule has 0 aliphatic carbocycles. The minimum Gasteiger partial charge on any atom is -0.360 e. The molecule has 2 aromatic heterocycles. The highest BCUT2D eigenvalue weighted by Gasteiger charge is 2.36. The van der Waals surface area contributed by atoms with Gasteiger partial charge in [0.25, 0.3) is 10.0 Å². The molecule has 0 atom stereocenters. The topological polar surface area (TPSA) is 76.3 Å². The maximum atomic E-state index is 13.2. The van der Waals surface area contributed by atoms with Crippen LogP contribution in [0.2, 0.25) is 0 Å². The highest BCUT2D eigenvalue weighted by molar-refractivity contribution is 7.93. The largest absolute Gasteiger partial charge is 0.360 e. The Hall–Kier alpha value is -2.41. The van der Waals surface area contributed by atoms with Gasteiger partial charge in [0.05, 0.1) is 5.52 Å². The number of hydrogen-bond acceptors (Lipinski definition) is 5. The summed E-state index contributed by atoms with van der Waals surface area (Å²) >= 11 is 0. The highest BCUT2D eigenvalue weighted by atomic mass is 32.2. The van der Waals surface area contributed by atoms with Crippen LogP contribution in [0.25, 0.3) is 10.9 Å². The second-order valence-electron chi connectivity index (χ2n) is 6.60. The van der Waals surface area contributed by atoms with Gasteiger partial charge in [-0.3, -0.25) is 0 Å². The molecule has 0 N–H and O–H groups in total. The number of anilines is 1. The van der Waals surface area contributed by atoms with E-state index in [9.17, 15) is 8.42 Å². The Bertz CT molecular complexity index is 1100. The van der Waals surface area contributed by atoms with Gasteiger partial charge in [-0.15, -0.1) is 0 Å². The Morgan fingerprint density at radius 3 is 2.56 bits per heavy atom. The predicted molar refractivity (Wildman–Crippen MR) is 95.4 cm³/mol. The maximum Gasteiger partial charge on any atom is 0.270 e. The van der Waals surface area contributed by atoms with Crippen molar-refractivity contribution in [1.29, 1.82) is 0 Å². The summed E-state index contributed by atoms with van der Waals surface area (Å²) in [4.78, 5) is 4.83. The van der Waals surface area contributed by atoms with Crippen LogP contribution in [-0.4, -0.2) is 25.1 Å². The molecule has 0 bridgehead atoms. The Kier molecular flexibility index (Phi) is 3.40. The number of rotatable bonds is 2. The van der Waals surface area contributed by atoms with E-state index in [1.807, 2.05) is 13.0 Å². The normalized spacial score (nSPS) is 14.3. The van der Waals surface area contributed by atoms with Gasteiger partial charge in [0.2, 0.25) is 0 Å². The van der Waals surface area contributed by atoms with Crippen LogP contribution in [0.3, 0.4) is 0 Å². The van der Waals surface area contributed by atoms with Gasteiger partial charge in [-0.05, 0) is 62.9 Å². The summed E-state index contributed by atoms with van der Waals surface area (Å²) in [6, 6.07) is 6.17. The third-order valence-corrected chi connectivity index (χ3v) is 6.71. The van der Waals surface area contributed by atoms with Crippen molar-refractivity contribution in [3.63, 3.8) is 0 Å². The van der Waals surface area contributed by atoms with Gasteiger partial charge in [0.15, 0.2) is 10.7 Å². The molecule has 3 heterocycles. The summed E-state index contributed by atoms with van der Waals surface area (Å²) in [5, 5.41) is 4.85. The fraction of sp³-hybridized carbons (Fsp3) is 0.333. The van der Waals surface area contributed by atoms with Crippen LogP contribution in [-0.2, 0) is 16.4 Å². The molecule has 0 unspecified atom stereocenters. The highest BCUT2D eigenvalue weighted by Crippen LogP contribution is 2.36. The van der Waals surface area contributed by atoms with Crippen molar-refractivity contribution in [2.45, 2.75) is 39.0 Å². The van der Waals surface area contributed by atoms with Crippen LogP contribution in [0, 0.1) is 27.7 Å². The minimum atomic E-state index is -3.74. The fourth-order valence-electron chi connectivity index (χ4n) is 3.58. The molecular formula is C18H19N3O3S. The number of aromatic nitrogens is 2. The van der Waals surface area contributed by atoms with E-state index >= 15 is 0 Å². The summed E-state index contributed by atoms with van der Waals surface area (Å²) in [5.74, 6) is 0.816. The van der Waals surface area contributed by atoms with Crippen molar-refractivity contribution in [1.82, 2.24) is 10.1 Å². The second kappa shape index (κ2) is 5.29. The van der Waals surface area contributed by atoms with Gasteiger partial charge in [0.1, 0.15) is 11.5 Å². The zero-order valence-corrected chi connectivity index (χ0v) is 15.4. The van der Waals surface area contributed by atoms with Crippen molar-refractivity contribution in [3.8, 4) is 0 Å². The van der Waals surface area contributed by atoms with Crippen molar-refractivity contribution in [3.05, 3.63) is 46.3 Å². The average Bonchev–Trinajstić information content (AvgIpc) is 3.09. The van der Waals surface area contributed by atoms with Crippen LogP contribution in [0.5, 0.6) is 0 Å². The molecule has 3 aromatic rings. The first-order valence-corrected chi connectivity index (χ1v) is 9.59. The van der Waals surface area contributed by atoms with E-state index in [1.54, 1.807) is 13.8 Å². The zero-order chi connectivity index (χ0) is 17.9. The first-order valence-electron chi connectivity index (χ1n) is 8.15. The molecule has 6 nitrogen and oxygen atoms in total. The minimum absolute atomic E-state index is 0.141. The van der Waals surface area contributed by atoms with Crippen molar-refractivity contribution < 1.29 is 12.9 Å². The summed E-state index contributed by atoms with van der Waals surface area (Å²) in [7, 11) is -3.74. The molecule has 1 aliphatic heterocycles. The van der Waals surface area contributed by atoms with E-state index in [2.05, 4.69) is 24.2 Å². The quantitative estimate of drug-likeness (QED) is 0.704. The third-order valence-electron chi connectivity index (χ3n) is 4.68. The summed E-state index contributed by atoms with van der Waals surface area (Å²) < 4.78 is 32.7. The Morgan fingerprint density at radius 1 is 1.12 bits per heavy atom. The van der Waals surface area contributed by atoms with Gasteiger partial charge in [-0.25, -0.2) is 17.7 Å². The van der Waals surface area contributed by atoms with Crippen molar-refractivity contribution in [2.75, 3.05) is 10.8 Å². The molecule has 0 fully saturated rings. The molecule has 130 valence electrons. The average molecular weight is 357 g/mol. The molecule has 7 heteroatoms. The standard InChI is InChI=1S/C18H19N3O3S/c1-10-7-11(2)15-9-14-5-6-21(18(14)19-16(15)8-10)25(22,23)17-12(3)20-24-13(17)4/h7-9H,5-6H2,1-4H3. The Labute approximate surface area is 146 Å². The molecular weight excluding hydrogens is 338 g/mol. The summed E-state index contributed by atoms with van der Waals surface area (Å²) in [6.07, 6.45) is 0.647. The van der Waals surface area contributed by atoms with Crippen LogP contribution >= 0.6 is 0 Å². The first kappa shape index (κ1) is 16.1. The number of pyridine rings is 1. The fourth-order valence-corrected chi connectivity index (χ4v) is 5.33. The van der Waals surface area contributed by atoms with Crippen LogP contribution in [0.1, 0.15) is 28.1 Å². The lowest BCUT2D eigenvalue weighted by Gasteiger charge is -2.18. The number of hydrogen-bond donors (Lipinski definition) is 0. The molecule has 4 rings (SSSR count). The number of fused-ring (bicyclic) bond motifs is 2. The second-order valence-corrected chi connectivity index (χ2v) is 8.40. The maximum absolute atomic E-state index is 13.2. The van der Waals surface area contributed by atoms with Crippen molar-refractivity contribution >= 4 is 26.7 Å². The third kappa shape index (κ3) is 2.33. The Balaban J connectivity index is 1.91. The zero-order valence-electron chi connectivity index (χ0n) is 14.6. The van der Waals surface area contributed by atoms with Crippen LogP contribution in [0.4, 0.5) is 5.82 Å². The van der Waals surface area contributed by atoms with E-state index in [0.717, 1.165) is 27.6 Å². The van der Waals surface area contributed by atoms with Gasteiger partial charge in [0, 0.05) is 11.9 Å². The molecule has 0 spiro atoms. The molecule has 0 saturated carbocycles. The van der Waals surface area contributed by atoms with Crippen molar-refractivity contribution in [2.24, 2.45) is 0 Å². The predicted octanol–water partition coefficient (Wildman–Crippen LogP) is 3.21. The van der Waals surface area contributed by atoms with E-state index < -0.39 is 10.0 Å². The molecule has 25 heavy (non-hydrogen) atoms.